The number of nitrogens with zero attached hydrogens (tertiary/aromatic N) is 1. The van der Waals surface area contributed by atoms with Gasteiger partial charge in [0.05, 0.1) is 11.4 Å². The fourth-order valence-corrected chi connectivity index (χ4v) is 11.7. The van der Waals surface area contributed by atoms with Crippen LogP contribution in [0.1, 0.15) is 0 Å². The number of rotatable bonds is 6. The molecule has 0 bridgehead atoms. The molecule has 0 fully saturated rings. The Hall–Kier alpha value is -7.04. The van der Waals surface area contributed by atoms with Crippen molar-refractivity contribution in [1.82, 2.24) is 0 Å². The highest BCUT2D eigenvalue weighted by atomic mass is 32.1. The lowest BCUT2D eigenvalue weighted by Gasteiger charge is -2.32. The van der Waals surface area contributed by atoms with E-state index in [2.05, 4.69) is 217 Å². The van der Waals surface area contributed by atoms with E-state index in [4.69, 9.17) is 0 Å². The second-order valence-corrected chi connectivity index (χ2v) is 17.2. The van der Waals surface area contributed by atoms with Gasteiger partial charge in [-0.25, -0.2) is 0 Å². The number of anilines is 3. The fraction of sp³-hybridized carbons (Fsp3) is 0. The minimum atomic E-state index is 1.10. The second-order valence-electron chi connectivity index (χ2n) is 15.1. The molecular weight excluding hydrogens is 751 g/mol. The molecule has 10 aromatic carbocycles. The molecule has 0 radical (unpaired) electrons. The first-order valence-corrected chi connectivity index (χ1v) is 21.7. The predicted octanol–water partition coefficient (Wildman–Crippen LogP) is 17.2. The lowest BCUT2D eigenvalue weighted by molar-refractivity contribution is 1.30. The van der Waals surface area contributed by atoms with Gasteiger partial charge in [0.15, 0.2) is 0 Å². The van der Waals surface area contributed by atoms with Crippen LogP contribution < -0.4 is 4.90 Å². The Morgan fingerprint density at radius 1 is 0.288 bits per heavy atom. The molecule has 0 aliphatic rings. The Balaban J connectivity index is 1.16. The normalized spacial score (nSPS) is 11.7. The highest BCUT2D eigenvalue weighted by Crippen LogP contribution is 2.52. The lowest BCUT2D eigenvalue weighted by atomic mass is 9.89. The van der Waals surface area contributed by atoms with Crippen LogP contribution in [0, 0.1) is 0 Å². The summed E-state index contributed by atoms with van der Waals surface area (Å²) < 4.78 is 5.26. The number of hydrogen-bond donors (Lipinski definition) is 0. The molecule has 0 saturated heterocycles. The predicted molar refractivity (Wildman–Crippen MR) is 258 cm³/mol. The van der Waals surface area contributed by atoms with E-state index >= 15 is 0 Å². The van der Waals surface area contributed by atoms with Crippen molar-refractivity contribution in [3.05, 3.63) is 212 Å². The van der Waals surface area contributed by atoms with Gasteiger partial charge in [-0.15, -0.1) is 22.7 Å². The zero-order valence-corrected chi connectivity index (χ0v) is 33.6. The molecule has 0 amide bonds. The van der Waals surface area contributed by atoms with Crippen LogP contribution in [0.5, 0.6) is 0 Å². The van der Waals surface area contributed by atoms with Gasteiger partial charge in [0.25, 0.3) is 0 Å². The first-order valence-electron chi connectivity index (χ1n) is 20.1. The summed E-state index contributed by atoms with van der Waals surface area (Å²) in [6.45, 7) is 0. The van der Waals surface area contributed by atoms with E-state index < -0.39 is 0 Å². The number of benzene rings is 10. The van der Waals surface area contributed by atoms with E-state index in [1.165, 1.54) is 101 Å². The van der Waals surface area contributed by atoms with Crippen LogP contribution >= 0.6 is 22.7 Å². The summed E-state index contributed by atoms with van der Waals surface area (Å²) in [6.07, 6.45) is 0. The first-order chi connectivity index (χ1) is 29.3. The maximum atomic E-state index is 2.54. The third-order valence-corrected chi connectivity index (χ3v) is 14.3. The van der Waals surface area contributed by atoms with E-state index in [1.807, 2.05) is 22.7 Å². The van der Waals surface area contributed by atoms with Crippen molar-refractivity contribution in [2.75, 3.05) is 4.90 Å². The van der Waals surface area contributed by atoms with Crippen LogP contribution in [-0.2, 0) is 0 Å². The molecule has 0 atom stereocenters. The minimum Gasteiger partial charge on any atom is -0.309 e. The maximum absolute atomic E-state index is 2.54. The van der Waals surface area contributed by atoms with Crippen molar-refractivity contribution in [2.45, 2.75) is 0 Å². The smallest absolute Gasteiger partial charge is 0.0625 e. The molecule has 2 aromatic heterocycles. The summed E-state index contributed by atoms with van der Waals surface area (Å²) >= 11 is 3.77. The van der Waals surface area contributed by atoms with Gasteiger partial charge in [-0.05, 0) is 63.2 Å². The summed E-state index contributed by atoms with van der Waals surface area (Å²) in [4.78, 5) is 2.54. The third kappa shape index (κ3) is 5.43. The van der Waals surface area contributed by atoms with E-state index in [-0.39, 0.29) is 0 Å². The van der Waals surface area contributed by atoms with Crippen molar-refractivity contribution < 1.29 is 0 Å². The zero-order valence-electron chi connectivity index (χ0n) is 32.0. The van der Waals surface area contributed by atoms with Gasteiger partial charge in [-0.3, -0.25) is 0 Å². The van der Waals surface area contributed by atoms with Crippen molar-refractivity contribution in [3.63, 3.8) is 0 Å². The summed E-state index contributed by atoms with van der Waals surface area (Å²) in [5.41, 5.74) is 10.7. The van der Waals surface area contributed by atoms with Crippen LogP contribution in [-0.4, -0.2) is 0 Å². The third-order valence-electron chi connectivity index (χ3n) is 11.9. The van der Waals surface area contributed by atoms with Gasteiger partial charge >= 0.3 is 0 Å². The lowest BCUT2D eigenvalue weighted by Crippen LogP contribution is -2.13. The Morgan fingerprint density at radius 2 is 0.763 bits per heavy atom. The molecule has 0 unspecified atom stereocenters. The second kappa shape index (κ2) is 13.8. The molecule has 12 rings (SSSR count). The fourth-order valence-electron chi connectivity index (χ4n) is 9.26. The Bertz CT molecular complexity index is 3560. The molecule has 1 nitrogen and oxygen atoms in total. The van der Waals surface area contributed by atoms with Crippen molar-refractivity contribution in [2.24, 2.45) is 0 Å². The van der Waals surface area contributed by atoms with Crippen molar-refractivity contribution in [1.29, 1.82) is 0 Å². The van der Waals surface area contributed by atoms with Gasteiger partial charge in [0.2, 0.25) is 0 Å². The average molecular weight is 786 g/mol. The van der Waals surface area contributed by atoms with Gasteiger partial charge in [-0.1, -0.05) is 182 Å². The first kappa shape index (κ1) is 34.0. The Labute approximate surface area is 350 Å². The molecule has 276 valence electrons. The Kier molecular flexibility index (Phi) is 7.97. The average Bonchev–Trinajstić information content (AvgIpc) is 3.89. The van der Waals surface area contributed by atoms with Crippen LogP contribution in [0.4, 0.5) is 17.1 Å². The van der Waals surface area contributed by atoms with Crippen LogP contribution in [0.25, 0.3) is 95.3 Å². The molecule has 0 spiro atoms. The zero-order chi connectivity index (χ0) is 38.9. The summed E-state index contributed by atoms with van der Waals surface area (Å²) in [7, 11) is 0. The number of hydrogen-bond acceptors (Lipinski definition) is 3. The minimum absolute atomic E-state index is 1.10. The van der Waals surface area contributed by atoms with Gasteiger partial charge in [-0.2, -0.15) is 0 Å². The summed E-state index contributed by atoms with van der Waals surface area (Å²) in [6, 6.07) is 78.2. The van der Waals surface area contributed by atoms with Crippen LogP contribution in [0.3, 0.4) is 0 Å². The largest absolute Gasteiger partial charge is 0.309 e. The van der Waals surface area contributed by atoms with E-state index in [9.17, 15) is 0 Å². The quantitative estimate of drug-likeness (QED) is 0.152. The molecular formula is C56H35NS2. The van der Waals surface area contributed by atoms with Gasteiger partial charge in [0, 0.05) is 68.1 Å². The maximum Gasteiger partial charge on any atom is 0.0625 e. The van der Waals surface area contributed by atoms with Crippen molar-refractivity contribution >= 4 is 102 Å². The molecule has 0 aliphatic heterocycles. The van der Waals surface area contributed by atoms with Crippen LogP contribution in [0.15, 0.2) is 212 Å². The Morgan fingerprint density at radius 3 is 1.44 bits per heavy atom. The molecule has 0 N–H and O–H groups in total. The molecule has 3 heteroatoms. The number of fused-ring (bicyclic) bond motifs is 9. The molecule has 12 aromatic rings. The molecule has 2 heterocycles. The standard InChI is InChI=1S/C56H35NS2/c1-2-16-37(17-3-1)53-45-23-6-4-18-40(45)41-19-5-7-24-46(41)54(53)57(38-34-32-36(33-35-38)39-25-14-27-48-43-21-9-12-30-51(43)58-55(39)48)50-29-11-8-20-42(50)47-26-15-28-49-44-22-10-13-31-52(44)59-56(47)49/h1-35H. The number of para-hydroxylation sites is 1. The summed E-state index contributed by atoms with van der Waals surface area (Å²) in [5.74, 6) is 0. The van der Waals surface area contributed by atoms with E-state index in [1.54, 1.807) is 0 Å². The number of thiophene rings is 2. The van der Waals surface area contributed by atoms with Crippen molar-refractivity contribution in [3.8, 4) is 33.4 Å². The molecule has 0 saturated carbocycles. The topological polar surface area (TPSA) is 3.24 Å². The van der Waals surface area contributed by atoms with Gasteiger partial charge < -0.3 is 4.90 Å². The summed E-state index contributed by atoms with van der Waals surface area (Å²) in [5, 5.41) is 10.2. The highest BCUT2D eigenvalue weighted by molar-refractivity contribution is 7.26. The monoisotopic (exact) mass is 785 g/mol. The van der Waals surface area contributed by atoms with E-state index in [0.29, 0.717) is 0 Å². The molecule has 0 aliphatic carbocycles. The van der Waals surface area contributed by atoms with E-state index in [0.717, 1.165) is 11.4 Å². The molecule has 59 heavy (non-hydrogen) atoms. The SMILES string of the molecule is c1ccc(-c2c(N(c3ccc(-c4cccc5c4sc4ccccc45)cc3)c3ccccc3-c3cccc4c3sc3ccccc34)c3ccccc3c3ccccc23)cc1. The van der Waals surface area contributed by atoms with Crippen LogP contribution in [0.2, 0.25) is 0 Å². The van der Waals surface area contributed by atoms with Gasteiger partial charge in [0.1, 0.15) is 0 Å². The highest BCUT2D eigenvalue weighted by Gasteiger charge is 2.26.